The standard InChI is InChI=1S/C13H14N4O3/c1-2-20-12(18)9-17-8-11(15-16-17)13(19)14-10-6-4-3-5-7-10/h3-8H,2,9H2,1H3,(H,14,19). The Labute approximate surface area is 115 Å². The van der Waals surface area contributed by atoms with Gasteiger partial charge < -0.3 is 10.1 Å². The predicted molar refractivity (Wildman–Crippen MR) is 71.1 cm³/mol. The van der Waals surface area contributed by atoms with Gasteiger partial charge >= 0.3 is 5.97 Å². The molecule has 1 amide bonds. The van der Waals surface area contributed by atoms with Gasteiger partial charge in [-0.3, -0.25) is 9.59 Å². The quantitative estimate of drug-likeness (QED) is 0.825. The molecule has 0 aliphatic rings. The van der Waals surface area contributed by atoms with Crippen molar-refractivity contribution in [2.24, 2.45) is 0 Å². The minimum Gasteiger partial charge on any atom is -0.465 e. The van der Waals surface area contributed by atoms with Crippen LogP contribution in [0.15, 0.2) is 36.5 Å². The molecular weight excluding hydrogens is 260 g/mol. The van der Waals surface area contributed by atoms with Gasteiger partial charge in [-0.05, 0) is 19.1 Å². The lowest BCUT2D eigenvalue weighted by Crippen LogP contribution is -2.14. The molecule has 7 nitrogen and oxygen atoms in total. The number of anilines is 1. The number of esters is 1. The number of nitrogens with one attached hydrogen (secondary N) is 1. The molecule has 0 atom stereocenters. The Morgan fingerprint density at radius 1 is 1.30 bits per heavy atom. The minimum atomic E-state index is -0.424. The van der Waals surface area contributed by atoms with Crippen LogP contribution >= 0.6 is 0 Å². The van der Waals surface area contributed by atoms with Crippen LogP contribution in [-0.2, 0) is 16.1 Å². The fourth-order valence-electron chi connectivity index (χ4n) is 1.54. The third-order valence-electron chi connectivity index (χ3n) is 2.40. The lowest BCUT2D eigenvalue weighted by atomic mass is 10.3. The average molecular weight is 274 g/mol. The summed E-state index contributed by atoms with van der Waals surface area (Å²) in [6, 6.07) is 9.01. The molecule has 0 aliphatic heterocycles. The summed E-state index contributed by atoms with van der Waals surface area (Å²) in [5, 5.41) is 10.1. The van der Waals surface area contributed by atoms with Gasteiger partial charge in [-0.2, -0.15) is 0 Å². The van der Waals surface area contributed by atoms with Gasteiger partial charge in [-0.1, -0.05) is 23.4 Å². The van der Waals surface area contributed by atoms with Gasteiger partial charge in [-0.15, -0.1) is 5.10 Å². The van der Waals surface area contributed by atoms with Gasteiger partial charge in [0.2, 0.25) is 0 Å². The molecule has 0 saturated heterocycles. The number of amides is 1. The zero-order valence-electron chi connectivity index (χ0n) is 10.9. The van der Waals surface area contributed by atoms with Crippen molar-refractivity contribution in [1.82, 2.24) is 15.0 Å². The van der Waals surface area contributed by atoms with E-state index in [0.717, 1.165) is 0 Å². The largest absolute Gasteiger partial charge is 0.465 e. The molecule has 1 heterocycles. The summed E-state index contributed by atoms with van der Waals surface area (Å²) in [6.07, 6.45) is 1.40. The van der Waals surface area contributed by atoms with Gasteiger partial charge in [0.25, 0.3) is 5.91 Å². The fourth-order valence-corrected chi connectivity index (χ4v) is 1.54. The molecule has 20 heavy (non-hydrogen) atoms. The van der Waals surface area contributed by atoms with E-state index >= 15 is 0 Å². The van der Waals surface area contributed by atoms with Crippen LogP contribution in [0.1, 0.15) is 17.4 Å². The second-order valence-electron chi connectivity index (χ2n) is 3.93. The molecular formula is C13H14N4O3. The van der Waals surface area contributed by atoms with Crippen molar-refractivity contribution in [2.75, 3.05) is 11.9 Å². The van der Waals surface area contributed by atoms with Crippen LogP contribution in [0.25, 0.3) is 0 Å². The lowest BCUT2D eigenvalue weighted by molar-refractivity contribution is -0.144. The third kappa shape index (κ3) is 3.64. The van der Waals surface area contributed by atoms with Crippen LogP contribution in [0, 0.1) is 0 Å². The number of hydrogen-bond donors (Lipinski definition) is 1. The highest BCUT2D eigenvalue weighted by Gasteiger charge is 2.12. The van der Waals surface area contributed by atoms with Crippen LogP contribution < -0.4 is 5.32 Å². The first-order valence-electron chi connectivity index (χ1n) is 6.11. The van der Waals surface area contributed by atoms with E-state index in [4.69, 9.17) is 4.74 Å². The molecule has 0 unspecified atom stereocenters. The van der Waals surface area contributed by atoms with Crippen LogP contribution in [-0.4, -0.2) is 33.5 Å². The number of hydrogen-bond acceptors (Lipinski definition) is 5. The third-order valence-corrected chi connectivity index (χ3v) is 2.40. The second-order valence-corrected chi connectivity index (χ2v) is 3.93. The van der Waals surface area contributed by atoms with E-state index in [2.05, 4.69) is 15.6 Å². The maximum atomic E-state index is 11.9. The Morgan fingerprint density at radius 3 is 2.75 bits per heavy atom. The predicted octanol–water partition coefficient (Wildman–Crippen LogP) is 1.09. The Kier molecular flexibility index (Phi) is 4.43. The number of ether oxygens (including phenoxy) is 1. The smallest absolute Gasteiger partial charge is 0.327 e. The van der Waals surface area contributed by atoms with Crippen molar-refractivity contribution in [2.45, 2.75) is 13.5 Å². The molecule has 0 bridgehead atoms. The average Bonchev–Trinajstić information content (AvgIpc) is 2.88. The normalized spacial score (nSPS) is 10.1. The van der Waals surface area contributed by atoms with E-state index in [1.807, 2.05) is 18.2 Å². The van der Waals surface area contributed by atoms with E-state index in [9.17, 15) is 9.59 Å². The van der Waals surface area contributed by atoms with Gasteiger partial charge in [0.05, 0.1) is 12.8 Å². The summed E-state index contributed by atoms with van der Waals surface area (Å²) in [5.74, 6) is -0.807. The van der Waals surface area contributed by atoms with E-state index < -0.39 is 5.97 Å². The number of benzene rings is 1. The number of para-hydroxylation sites is 1. The van der Waals surface area contributed by atoms with Crippen molar-refractivity contribution in [3.63, 3.8) is 0 Å². The van der Waals surface area contributed by atoms with Crippen LogP contribution in [0.5, 0.6) is 0 Å². The van der Waals surface area contributed by atoms with Crippen LogP contribution in [0.2, 0.25) is 0 Å². The highest BCUT2D eigenvalue weighted by molar-refractivity contribution is 6.02. The molecule has 2 aromatic rings. The first-order chi connectivity index (χ1) is 9.69. The first-order valence-corrected chi connectivity index (χ1v) is 6.11. The Bertz CT molecular complexity index is 595. The Morgan fingerprint density at radius 2 is 2.05 bits per heavy atom. The molecule has 1 N–H and O–H groups in total. The number of aromatic nitrogens is 3. The van der Waals surface area contributed by atoms with E-state index in [1.165, 1.54) is 10.9 Å². The van der Waals surface area contributed by atoms with E-state index in [0.29, 0.717) is 12.3 Å². The summed E-state index contributed by atoms with van der Waals surface area (Å²) >= 11 is 0. The number of rotatable bonds is 5. The molecule has 104 valence electrons. The van der Waals surface area contributed by atoms with Gasteiger partial charge in [0.15, 0.2) is 5.69 Å². The first kappa shape index (κ1) is 13.7. The Hall–Kier alpha value is -2.70. The number of carbonyl (C=O) groups is 2. The van der Waals surface area contributed by atoms with Crippen molar-refractivity contribution in [3.8, 4) is 0 Å². The zero-order chi connectivity index (χ0) is 14.4. The van der Waals surface area contributed by atoms with Crippen LogP contribution in [0.4, 0.5) is 5.69 Å². The summed E-state index contributed by atoms with van der Waals surface area (Å²) in [4.78, 5) is 23.2. The molecule has 0 aliphatic carbocycles. The molecule has 2 rings (SSSR count). The molecule has 7 heteroatoms. The van der Waals surface area contributed by atoms with Gasteiger partial charge in [0, 0.05) is 5.69 Å². The molecule has 1 aromatic heterocycles. The maximum absolute atomic E-state index is 11.9. The molecule has 0 fully saturated rings. The molecule has 0 radical (unpaired) electrons. The molecule has 1 aromatic carbocycles. The van der Waals surface area contributed by atoms with Crippen molar-refractivity contribution < 1.29 is 14.3 Å². The van der Waals surface area contributed by atoms with Crippen molar-refractivity contribution in [3.05, 3.63) is 42.2 Å². The second kappa shape index (κ2) is 6.46. The van der Waals surface area contributed by atoms with Gasteiger partial charge in [-0.25, -0.2) is 4.68 Å². The summed E-state index contributed by atoms with van der Waals surface area (Å²) in [6.45, 7) is 1.95. The van der Waals surface area contributed by atoms with E-state index in [-0.39, 0.29) is 18.1 Å². The van der Waals surface area contributed by atoms with Gasteiger partial charge in [0.1, 0.15) is 6.54 Å². The highest BCUT2D eigenvalue weighted by Crippen LogP contribution is 2.06. The minimum absolute atomic E-state index is 0.0700. The summed E-state index contributed by atoms with van der Waals surface area (Å²) in [5.41, 5.74) is 0.801. The topological polar surface area (TPSA) is 86.1 Å². The maximum Gasteiger partial charge on any atom is 0.327 e. The zero-order valence-corrected chi connectivity index (χ0v) is 10.9. The SMILES string of the molecule is CCOC(=O)Cn1cc(C(=O)Nc2ccccc2)nn1. The van der Waals surface area contributed by atoms with E-state index in [1.54, 1.807) is 19.1 Å². The summed E-state index contributed by atoms with van der Waals surface area (Å²) in [7, 11) is 0. The van der Waals surface area contributed by atoms with Crippen LogP contribution in [0.3, 0.4) is 0 Å². The molecule has 0 saturated carbocycles. The molecule has 0 spiro atoms. The van der Waals surface area contributed by atoms with Crippen molar-refractivity contribution in [1.29, 1.82) is 0 Å². The lowest BCUT2D eigenvalue weighted by Gasteiger charge is -2.01. The Balaban J connectivity index is 1.98. The fraction of sp³-hybridized carbons (Fsp3) is 0.231. The number of nitrogens with zero attached hydrogens (tertiary/aromatic N) is 3. The number of carbonyl (C=O) groups excluding carboxylic acids is 2. The summed E-state index contributed by atoms with van der Waals surface area (Å²) < 4.78 is 6.04. The van der Waals surface area contributed by atoms with Crippen molar-refractivity contribution >= 4 is 17.6 Å². The highest BCUT2D eigenvalue weighted by atomic mass is 16.5. The monoisotopic (exact) mass is 274 g/mol.